The molecule has 7 heteroatoms. The first-order valence-electron chi connectivity index (χ1n) is 7.73. The Bertz CT molecular complexity index is 607. The molecule has 2 N–H and O–H groups in total. The quantitative estimate of drug-likeness (QED) is 0.831. The van der Waals surface area contributed by atoms with Gasteiger partial charge in [0.25, 0.3) is 0 Å². The van der Waals surface area contributed by atoms with Crippen LogP contribution in [-0.2, 0) is 15.6 Å². The zero-order chi connectivity index (χ0) is 17.1. The molecule has 0 unspecified atom stereocenters. The summed E-state index contributed by atoms with van der Waals surface area (Å²) in [6.45, 7) is 1.38. The minimum Gasteiger partial charge on any atom is -0.384 e. The Hall–Kier alpha value is -1.05. The molecule has 0 aliphatic heterocycles. The second kappa shape index (κ2) is 6.83. The van der Waals surface area contributed by atoms with Crippen molar-refractivity contribution < 1.29 is 22.3 Å². The van der Waals surface area contributed by atoms with Crippen LogP contribution in [0.2, 0.25) is 0 Å². The summed E-state index contributed by atoms with van der Waals surface area (Å²) < 4.78 is 52.9. The van der Waals surface area contributed by atoms with Crippen molar-refractivity contribution >= 4 is 10.0 Å². The smallest absolute Gasteiger partial charge is 0.248 e. The lowest BCUT2D eigenvalue weighted by atomic mass is 9.88. The Morgan fingerprint density at radius 2 is 1.83 bits per heavy atom. The number of hydrogen-bond acceptors (Lipinski definition) is 3. The molecule has 1 aliphatic rings. The number of aliphatic hydroxyl groups is 1. The number of rotatable bonds is 6. The summed E-state index contributed by atoms with van der Waals surface area (Å²) in [4.78, 5) is 0. The monoisotopic (exact) mass is 347 g/mol. The zero-order valence-electron chi connectivity index (χ0n) is 13.1. The van der Waals surface area contributed by atoms with Gasteiger partial charge in [-0.05, 0) is 31.2 Å². The third-order valence-electron chi connectivity index (χ3n) is 4.32. The highest BCUT2D eigenvalue weighted by Gasteiger charge is 2.36. The van der Waals surface area contributed by atoms with E-state index in [4.69, 9.17) is 0 Å². The molecule has 130 valence electrons. The van der Waals surface area contributed by atoms with Gasteiger partial charge < -0.3 is 5.11 Å². The molecule has 1 fully saturated rings. The first-order valence-corrected chi connectivity index (χ1v) is 9.38. The van der Waals surface area contributed by atoms with Crippen molar-refractivity contribution in [3.63, 3.8) is 0 Å². The van der Waals surface area contributed by atoms with Crippen molar-refractivity contribution in [2.45, 2.75) is 44.1 Å². The lowest BCUT2D eigenvalue weighted by Gasteiger charge is -2.29. The van der Waals surface area contributed by atoms with Crippen LogP contribution >= 0.6 is 0 Å². The van der Waals surface area contributed by atoms with Gasteiger partial charge in [0, 0.05) is 19.4 Å². The summed E-state index contributed by atoms with van der Waals surface area (Å²) in [6, 6.07) is 8.78. The normalized spacial score (nSPS) is 21.7. The second-order valence-electron chi connectivity index (χ2n) is 6.54. The van der Waals surface area contributed by atoms with Gasteiger partial charge in [-0.2, -0.15) is 0 Å². The fourth-order valence-corrected chi connectivity index (χ4v) is 4.36. The first kappa shape index (κ1) is 18.3. The third-order valence-corrected chi connectivity index (χ3v) is 5.82. The highest BCUT2D eigenvalue weighted by molar-refractivity contribution is 7.89. The summed E-state index contributed by atoms with van der Waals surface area (Å²) >= 11 is 0. The predicted molar refractivity (Wildman–Crippen MR) is 84.7 cm³/mol. The van der Waals surface area contributed by atoms with E-state index in [0.29, 0.717) is 5.56 Å². The molecule has 1 atom stereocenters. The molecule has 1 aromatic carbocycles. The van der Waals surface area contributed by atoms with E-state index in [9.17, 15) is 22.3 Å². The fourth-order valence-electron chi connectivity index (χ4n) is 2.79. The number of sulfonamides is 1. The molecule has 1 aliphatic carbocycles. The van der Waals surface area contributed by atoms with E-state index >= 15 is 0 Å². The summed E-state index contributed by atoms with van der Waals surface area (Å²) in [5, 5.41) is 10.4. The van der Waals surface area contributed by atoms with Crippen LogP contribution in [0.1, 0.15) is 38.2 Å². The Kier molecular flexibility index (Phi) is 5.43. The molecule has 0 aromatic heterocycles. The zero-order valence-corrected chi connectivity index (χ0v) is 14.0. The molecule has 23 heavy (non-hydrogen) atoms. The summed E-state index contributed by atoms with van der Waals surface area (Å²) in [6.07, 6.45) is -0.0875. The predicted octanol–water partition coefficient (Wildman–Crippen LogP) is 2.64. The van der Waals surface area contributed by atoms with E-state index in [2.05, 4.69) is 4.72 Å². The molecule has 0 radical (unpaired) electrons. The van der Waals surface area contributed by atoms with Gasteiger partial charge in [-0.15, -0.1) is 0 Å². The van der Waals surface area contributed by atoms with Gasteiger partial charge in [0.15, 0.2) is 0 Å². The standard InChI is InChI=1S/C16H23F2NO3S/c1-15(20,14-5-3-2-4-6-14)12-19-23(21,22)11-13-7-9-16(17,18)10-8-13/h2-6,13,19-20H,7-12H2,1H3/t15-/m1/s1. The van der Waals surface area contributed by atoms with E-state index in [1.54, 1.807) is 24.3 Å². The van der Waals surface area contributed by atoms with E-state index < -0.39 is 21.5 Å². The van der Waals surface area contributed by atoms with Crippen LogP contribution in [0.4, 0.5) is 8.78 Å². The molecule has 1 saturated carbocycles. The van der Waals surface area contributed by atoms with Gasteiger partial charge in [-0.3, -0.25) is 0 Å². The van der Waals surface area contributed by atoms with Gasteiger partial charge in [0.05, 0.1) is 5.75 Å². The maximum Gasteiger partial charge on any atom is 0.248 e. The van der Waals surface area contributed by atoms with Crippen molar-refractivity contribution in [3.8, 4) is 0 Å². The van der Waals surface area contributed by atoms with Crippen molar-refractivity contribution in [2.24, 2.45) is 5.92 Å². The van der Waals surface area contributed by atoms with Crippen molar-refractivity contribution in [2.75, 3.05) is 12.3 Å². The number of halogens is 2. The van der Waals surface area contributed by atoms with Gasteiger partial charge >= 0.3 is 0 Å². The van der Waals surface area contributed by atoms with Crippen molar-refractivity contribution in [3.05, 3.63) is 35.9 Å². The van der Waals surface area contributed by atoms with Crippen LogP contribution in [0.15, 0.2) is 30.3 Å². The Morgan fingerprint density at radius 3 is 2.39 bits per heavy atom. The molecule has 1 aromatic rings. The summed E-state index contributed by atoms with van der Waals surface area (Å²) in [5.74, 6) is -3.09. The molecule has 0 amide bonds. The first-order chi connectivity index (χ1) is 10.6. The van der Waals surface area contributed by atoms with E-state index in [1.807, 2.05) is 6.07 Å². The molecular formula is C16H23F2NO3S. The van der Waals surface area contributed by atoms with Gasteiger partial charge in [-0.25, -0.2) is 21.9 Å². The third kappa shape index (κ3) is 5.51. The summed E-state index contributed by atoms with van der Waals surface area (Å²) in [5.41, 5.74) is -0.714. The Labute approximate surface area is 136 Å². The van der Waals surface area contributed by atoms with E-state index in [1.165, 1.54) is 6.92 Å². The summed E-state index contributed by atoms with van der Waals surface area (Å²) in [7, 11) is -3.61. The number of hydrogen-bond donors (Lipinski definition) is 2. The van der Waals surface area contributed by atoms with Gasteiger partial charge in [0.1, 0.15) is 5.60 Å². The number of alkyl halides is 2. The highest BCUT2D eigenvalue weighted by atomic mass is 32.2. The van der Waals surface area contributed by atoms with Crippen molar-refractivity contribution in [1.82, 2.24) is 4.72 Å². The maximum absolute atomic E-state index is 13.1. The largest absolute Gasteiger partial charge is 0.384 e. The lowest BCUT2D eigenvalue weighted by molar-refractivity contribution is -0.0435. The molecular weight excluding hydrogens is 324 g/mol. The molecule has 4 nitrogen and oxygen atoms in total. The lowest BCUT2D eigenvalue weighted by Crippen LogP contribution is -2.41. The molecule has 2 rings (SSSR count). The Morgan fingerprint density at radius 1 is 1.26 bits per heavy atom. The van der Waals surface area contributed by atoms with Crippen LogP contribution in [0, 0.1) is 5.92 Å². The van der Waals surface area contributed by atoms with Crippen LogP contribution in [0.3, 0.4) is 0 Å². The SMILES string of the molecule is C[C@@](O)(CNS(=O)(=O)CC1CCC(F)(F)CC1)c1ccccc1. The average Bonchev–Trinajstić information content (AvgIpc) is 2.49. The average molecular weight is 347 g/mol. The van der Waals surface area contributed by atoms with Crippen LogP contribution < -0.4 is 4.72 Å². The molecule has 0 bridgehead atoms. The Balaban J connectivity index is 1.89. The van der Waals surface area contributed by atoms with Gasteiger partial charge in [0.2, 0.25) is 15.9 Å². The molecule has 0 saturated heterocycles. The molecule has 0 heterocycles. The van der Waals surface area contributed by atoms with E-state index in [-0.39, 0.29) is 43.9 Å². The highest BCUT2D eigenvalue weighted by Crippen LogP contribution is 2.36. The van der Waals surface area contributed by atoms with Crippen molar-refractivity contribution in [1.29, 1.82) is 0 Å². The maximum atomic E-state index is 13.1. The number of benzene rings is 1. The van der Waals surface area contributed by atoms with E-state index in [0.717, 1.165) is 0 Å². The van der Waals surface area contributed by atoms with Crippen LogP contribution in [-0.4, -0.2) is 31.7 Å². The molecule has 0 spiro atoms. The van der Waals surface area contributed by atoms with Crippen LogP contribution in [0.25, 0.3) is 0 Å². The minimum absolute atomic E-state index is 0.151. The number of nitrogens with one attached hydrogen (secondary N) is 1. The minimum atomic E-state index is -3.61. The van der Waals surface area contributed by atoms with Crippen LogP contribution in [0.5, 0.6) is 0 Å². The second-order valence-corrected chi connectivity index (χ2v) is 8.39. The van der Waals surface area contributed by atoms with Gasteiger partial charge in [-0.1, -0.05) is 30.3 Å². The fraction of sp³-hybridized carbons (Fsp3) is 0.625. The topological polar surface area (TPSA) is 66.4 Å².